The van der Waals surface area contributed by atoms with Gasteiger partial charge in [0.05, 0.1) is 16.6 Å². The maximum absolute atomic E-state index is 13.8. The summed E-state index contributed by atoms with van der Waals surface area (Å²) >= 11 is 0. The van der Waals surface area contributed by atoms with Crippen LogP contribution in [-0.4, -0.2) is 26.3 Å². The molecule has 1 aromatic carbocycles. The zero-order chi connectivity index (χ0) is 22.3. The molecule has 4 aliphatic carbocycles. The number of fused-ring (bicyclic) bond motifs is 6. The first kappa shape index (κ1) is 21.0. The van der Waals surface area contributed by atoms with Crippen molar-refractivity contribution in [3.05, 3.63) is 24.3 Å². The zero-order valence-corrected chi connectivity index (χ0v) is 20.0. The van der Waals surface area contributed by atoms with Gasteiger partial charge in [-0.3, -0.25) is 14.6 Å². The van der Waals surface area contributed by atoms with Gasteiger partial charge in [-0.15, -0.1) is 0 Å². The maximum atomic E-state index is 13.8. The molecule has 4 aliphatic rings. The monoisotopic (exact) mass is 436 g/mol. The standard InChI is InChI=1S/C28H40N2O2/c1-17(30-25-7-5-4-6-24(25)29-30)26(31)23-11-10-22-21-9-8-18-16-27(2,32)14-12-19(18)20(21)13-15-28(22,23)3/h4-7,17-23,29,32H,8-16H2,1-3H3/t17-,18+,19-,20+,21+,22-,23+,27+,28-/m0/s1. The van der Waals surface area contributed by atoms with E-state index < -0.39 is 5.60 Å². The van der Waals surface area contributed by atoms with Crippen LogP contribution in [0.4, 0.5) is 0 Å². The average molecular weight is 437 g/mol. The molecule has 0 unspecified atom stereocenters. The number of carbonyl (C=O) groups excluding carboxylic acids is 1. The summed E-state index contributed by atoms with van der Waals surface area (Å²) < 4.78 is 2.08. The van der Waals surface area contributed by atoms with E-state index in [9.17, 15) is 9.90 Å². The summed E-state index contributed by atoms with van der Waals surface area (Å²) in [7, 11) is 0. The number of hydrogen-bond donors (Lipinski definition) is 2. The zero-order valence-electron chi connectivity index (χ0n) is 20.0. The summed E-state index contributed by atoms with van der Waals surface area (Å²) in [4.78, 5) is 13.8. The third kappa shape index (κ3) is 3.01. The number of nitrogens with zero attached hydrogens (tertiary/aromatic N) is 1. The average Bonchev–Trinajstić information content (AvgIpc) is 3.10. The van der Waals surface area contributed by atoms with Crippen molar-refractivity contribution < 1.29 is 9.90 Å². The Morgan fingerprint density at radius 2 is 1.81 bits per heavy atom. The van der Waals surface area contributed by atoms with Crippen LogP contribution < -0.4 is 0 Å². The Morgan fingerprint density at radius 1 is 1.03 bits per heavy atom. The summed E-state index contributed by atoms with van der Waals surface area (Å²) in [5.41, 5.74) is 2.01. The minimum Gasteiger partial charge on any atom is -0.390 e. The van der Waals surface area contributed by atoms with Crippen LogP contribution in [0, 0.1) is 40.9 Å². The second-order valence-electron chi connectivity index (χ2n) is 12.4. The molecule has 0 aliphatic heterocycles. The van der Waals surface area contributed by atoms with Gasteiger partial charge in [0.1, 0.15) is 6.04 Å². The number of aromatic nitrogens is 2. The quantitative estimate of drug-likeness (QED) is 0.609. The number of H-pyrrole nitrogens is 1. The second-order valence-corrected chi connectivity index (χ2v) is 12.4. The van der Waals surface area contributed by atoms with Crippen molar-refractivity contribution in [2.45, 2.75) is 90.2 Å². The van der Waals surface area contributed by atoms with Crippen molar-refractivity contribution in [3.8, 4) is 0 Å². The number of carbonyl (C=O) groups is 1. The van der Waals surface area contributed by atoms with Crippen molar-refractivity contribution >= 4 is 16.8 Å². The van der Waals surface area contributed by atoms with Crippen LogP contribution in [0.5, 0.6) is 0 Å². The smallest absolute Gasteiger partial charge is 0.160 e. The molecule has 0 amide bonds. The highest BCUT2D eigenvalue weighted by Gasteiger charge is 2.59. The number of para-hydroxylation sites is 2. The lowest BCUT2D eigenvalue weighted by atomic mass is 9.49. The van der Waals surface area contributed by atoms with E-state index in [1.54, 1.807) is 0 Å². The third-order valence-corrected chi connectivity index (χ3v) is 10.8. The molecule has 4 heteroatoms. The Morgan fingerprint density at radius 3 is 2.62 bits per heavy atom. The number of benzene rings is 1. The lowest BCUT2D eigenvalue weighted by Crippen LogP contribution is -2.51. The molecule has 4 nitrogen and oxygen atoms in total. The lowest BCUT2D eigenvalue weighted by molar-refractivity contribution is -0.135. The molecule has 1 heterocycles. The molecule has 174 valence electrons. The fraction of sp³-hybridized carbons (Fsp3) is 0.750. The van der Waals surface area contributed by atoms with Crippen LogP contribution in [0.25, 0.3) is 11.0 Å². The first-order valence-electron chi connectivity index (χ1n) is 13.2. The van der Waals surface area contributed by atoms with E-state index in [1.807, 2.05) is 13.0 Å². The fourth-order valence-corrected chi connectivity index (χ4v) is 9.19. The van der Waals surface area contributed by atoms with Crippen LogP contribution in [0.15, 0.2) is 24.3 Å². The van der Waals surface area contributed by atoms with E-state index in [0.717, 1.165) is 54.0 Å². The third-order valence-electron chi connectivity index (χ3n) is 10.8. The Balaban J connectivity index is 1.21. The molecule has 6 rings (SSSR count). The van der Waals surface area contributed by atoms with Gasteiger partial charge in [-0.05, 0) is 119 Å². The number of Topliss-reactive ketones (excluding diaryl/α,β-unsaturated/α-hetero) is 1. The number of rotatable bonds is 3. The SMILES string of the molecule is C[C@@H](C(=O)[C@H]1CC[C@H]2[C@@H]3CC[C@@H]4C[C@](C)(O)CC[C@@H]4[C@H]3CC[C@]12C)n1[nH]c2ccccc21. The normalized spacial score (nSPS) is 44.6. The van der Waals surface area contributed by atoms with E-state index in [-0.39, 0.29) is 17.4 Å². The van der Waals surface area contributed by atoms with E-state index in [2.05, 4.69) is 41.8 Å². The summed E-state index contributed by atoms with van der Waals surface area (Å²) in [5, 5.41) is 14.0. The van der Waals surface area contributed by atoms with Crippen molar-refractivity contribution in [3.63, 3.8) is 0 Å². The predicted molar refractivity (Wildman–Crippen MR) is 127 cm³/mol. The van der Waals surface area contributed by atoms with Crippen LogP contribution in [0.1, 0.15) is 84.6 Å². The molecule has 0 spiro atoms. The highest BCUT2D eigenvalue weighted by atomic mass is 16.3. The molecule has 0 bridgehead atoms. The molecule has 2 aromatic rings. The summed E-state index contributed by atoms with van der Waals surface area (Å²) in [6, 6.07) is 8.18. The number of nitrogens with one attached hydrogen (secondary N) is 1. The van der Waals surface area contributed by atoms with Gasteiger partial charge < -0.3 is 5.11 Å². The largest absolute Gasteiger partial charge is 0.390 e. The fourth-order valence-electron chi connectivity index (χ4n) is 9.19. The minimum absolute atomic E-state index is 0.112. The molecule has 0 radical (unpaired) electrons. The highest BCUT2D eigenvalue weighted by molar-refractivity contribution is 5.88. The molecule has 4 saturated carbocycles. The summed E-state index contributed by atoms with van der Waals surface area (Å²) in [5.74, 6) is 4.52. The van der Waals surface area contributed by atoms with Crippen molar-refractivity contribution in [2.75, 3.05) is 0 Å². The van der Waals surface area contributed by atoms with Crippen molar-refractivity contribution in [1.82, 2.24) is 9.78 Å². The van der Waals surface area contributed by atoms with Crippen molar-refractivity contribution in [1.29, 1.82) is 0 Å². The van der Waals surface area contributed by atoms with Gasteiger partial charge in [0.2, 0.25) is 0 Å². The number of aliphatic hydroxyl groups is 1. The number of hydrogen-bond acceptors (Lipinski definition) is 2. The van der Waals surface area contributed by atoms with E-state index in [0.29, 0.717) is 11.7 Å². The Kier molecular flexibility index (Phi) is 4.74. The molecule has 2 N–H and O–H groups in total. The molecular weight excluding hydrogens is 396 g/mol. The van der Waals surface area contributed by atoms with Gasteiger partial charge in [0.15, 0.2) is 5.78 Å². The molecule has 32 heavy (non-hydrogen) atoms. The number of ketones is 1. The highest BCUT2D eigenvalue weighted by Crippen LogP contribution is 2.65. The van der Waals surface area contributed by atoms with Crippen LogP contribution in [0.2, 0.25) is 0 Å². The molecule has 9 atom stereocenters. The van der Waals surface area contributed by atoms with Gasteiger partial charge in [-0.1, -0.05) is 19.1 Å². The minimum atomic E-state index is -0.443. The van der Waals surface area contributed by atoms with E-state index in [1.165, 1.54) is 38.5 Å². The van der Waals surface area contributed by atoms with Gasteiger partial charge in [0, 0.05) is 5.92 Å². The van der Waals surface area contributed by atoms with Crippen LogP contribution >= 0.6 is 0 Å². The summed E-state index contributed by atoms with van der Waals surface area (Å²) in [6.07, 6.45) is 10.6. The first-order valence-corrected chi connectivity index (χ1v) is 13.2. The van der Waals surface area contributed by atoms with Gasteiger partial charge in [0.25, 0.3) is 0 Å². The predicted octanol–water partition coefficient (Wildman–Crippen LogP) is 6.12. The topological polar surface area (TPSA) is 58.0 Å². The van der Waals surface area contributed by atoms with Crippen LogP contribution in [0.3, 0.4) is 0 Å². The Bertz CT molecular complexity index is 1020. The summed E-state index contributed by atoms with van der Waals surface area (Å²) in [6.45, 7) is 6.60. The van der Waals surface area contributed by atoms with Crippen molar-refractivity contribution in [2.24, 2.45) is 40.9 Å². The Hall–Kier alpha value is -1.55. The molecule has 4 fully saturated rings. The second kappa shape index (κ2) is 7.22. The van der Waals surface area contributed by atoms with Gasteiger partial charge >= 0.3 is 0 Å². The maximum Gasteiger partial charge on any atom is 0.160 e. The van der Waals surface area contributed by atoms with Gasteiger partial charge in [-0.25, -0.2) is 0 Å². The molecule has 0 saturated heterocycles. The first-order chi connectivity index (χ1) is 15.3. The van der Waals surface area contributed by atoms with Crippen LogP contribution in [-0.2, 0) is 4.79 Å². The number of aromatic amines is 1. The molecular formula is C28H40N2O2. The molecule has 1 aromatic heterocycles. The van der Waals surface area contributed by atoms with Gasteiger partial charge in [-0.2, -0.15) is 0 Å². The van der Waals surface area contributed by atoms with E-state index in [4.69, 9.17) is 0 Å². The van der Waals surface area contributed by atoms with E-state index >= 15 is 0 Å². The lowest BCUT2D eigenvalue weighted by Gasteiger charge is -2.57. The Labute approximate surface area is 192 Å².